The third kappa shape index (κ3) is 2.98. The molecule has 2 rings (SSSR count). The largest absolute Gasteiger partial charge is 0.495 e. The number of halogens is 1. The zero-order chi connectivity index (χ0) is 13.2. The minimum absolute atomic E-state index is 0.277. The van der Waals surface area contributed by atoms with Gasteiger partial charge < -0.3 is 4.74 Å². The molecule has 1 aliphatic carbocycles. The van der Waals surface area contributed by atoms with E-state index in [2.05, 4.69) is 20.7 Å². The van der Waals surface area contributed by atoms with Gasteiger partial charge in [0.1, 0.15) is 5.75 Å². The Balaban J connectivity index is 2.25. The molecule has 0 saturated heterocycles. The number of nitrogens with one attached hydrogen (secondary N) is 1. The summed E-state index contributed by atoms with van der Waals surface area (Å²) in [6, 6.07) is 5.26. The Morgan fingerprint density at radius 3 is 2.61 bits per heavy atom. The van der Waals surface area contributed by atoms with Crippen molar-refractivity contribution in [3.63, 3.8) is 0 Å². The van der Waals surface area contributed by atoms with E-state index in [1.54, 1.807) is 12.1 Å². The number of hydrogen-bond donors (Lipinski definition) is 1. The molecule has 18 heavy (non-hydrogen) atoms. The van der Waals surface area contributed by atoms with Crippen LogP contribution in [0.1, 0.15) is 25.7 Å². The number of methoxy groups -OCH3 is 1. The van der Waals surface area contributed by atoms with Crippen molar-refractivity contribution in [3.05, 3.63) is 22.7 Å². The van der Waals surface area contributed by atoms with Gasteiger partial charge in [0, 0.05) is 4.47 Å². The average Bonchev–Trinajstić information content (AvgIpc) is 2.83. The predicted molar refractivity (Wildman–Crippen MR) is 75.5 cm³/mol. The van der Waals surface area contributed by atoms with E-state index in [9.17, 15) is 8.42 Å². The third-order valence-corrected chi connectivity index (χ3v) is 5.50. The topological polar surface area (TPSA) is 55.4 Å². The molecular formula is C12H16BrNO3S. The molecule has 1 saturated carbocycles. The molecular weight excluding hydrogens is 318 g/mol. The normalized spacial score (nSPS) is 16.8. The summed E-state index contributed by atoms with van der Waals surface area (Å²) in [6.07, 6.45) is 3.46. The maximum Gasteiger partial charge on any atom is 0.235 e. The standard InChI is InChI=1S/C12H16BrNO3S/c1-17-12-7-6-9(13)8-11(12)14-18(15,16)10-4-2-3-5-10/h6-8,10,14H,2-5H2,1H3. The van der Waals surface area contributed by atoms with Crippen molar-refractivity contribution < 1.29 is 13.2 Å². The van der Waals surface area contributed by atoms with Gasteiger partial charge in [-0.1, -0.05) is 28.8 Å². The Labute approximate surface area is 116 Å². The van der Waals surface area contributed by atoms with E-state index in [1.807, 2.05) is 6.07 Å². The van der Waals surface area contributed by atoms with Crippen molar-refractivity contribution in [2.45, 2.75) is 30.9 Å². The van der Waals surface area contributed by atoms with Crippen molar-refractivity contribution in [1.29, 1.82) is 0 Å². The van der Waals surface area contributed by atoms with Crippen LogP contribution in [0.5, 0.6) is 5.75 Å². The minimum atomic E-state index is -3.31. The SMILES string of the molecule is COc1ccc(Br)cc1NS(=O)(=O)C1CCCC1. The fourth-order valence-corrected chi connectivity index (χ4v) is 4.14. The highest BCUT2D eigenvalue weighted by Crippen LogP contribution is 2.32. The second kappa shape index (κ2) is 5.48. The van der Waals surface area contributed by atoms with Crippen LogP contribution < -0.4 is 9.46 Å². The zero-order valence-electron chi connectivity index (χ0n) is 10.1. The van der Waals surface area contributed by atoms with Gasteiger partial charge in [0.2, 0.25) is 10.0 Å². The van der Waals surface area contributed by atoms with Gasteiger partial charge in [-0.2, -0.15) is 0 Å². The molecule has 0 unspecified atom stereocenters. The summed E-state index contributed by atoms with van der Waals surface area (Å²) in [6.45, 7) is 0. The quantitative estimate of drug-likeness (QED) is 0.920. The predicted octanol–water partition coefficient (Wildman–Crippen LogP) is 3.14. The van der Waals surface area contributed by atoms with Crippen LogP contribution in [0.3, 0.4) is 0 Å². The Hall–Kier alpha value is -0.750. The molecule has 100 valence electrons. The van der Waals surface area contributed by atoms with Crippen LogP contribution >= 0.6 is 15.9 Å². The minimum Gasteiger partial charge on any atom is -0.495 e. The average molecular weight is 334 g/mol. The van der Waals surface area contributed by atoms with E-state index in [1.165, 1.54) is 7.11 Å². The first-order chi connectivity index (χ1) is 8.53. The van der Waals surface area contributed by atoms with Gasteiger partial charge in [-0.25, -0.2) is 8.42 Å². The van der Waals surface area contributed by atoms with Crippen molar-refractivity contribution in [2.24, 2.45) is 0 Å². The van der Waals surface area contributed by atoms with Crippen molar-refractivity contribution in [2.75, 3.05) is 11.8 Å². The molecule has 1 N–H and O–H groups in total. The summed E-state index contributed by atoms with van der Waals surface area (Å²) >= 11 is 3.33. The maximum atomic E-state index is 12.2. The van der Waals surface area contributed by atoms with E-state index in [4.69, 9.17) is 4.74 Å². The van der Waals surface area contributed by atoms with E-state index in [0.717, 1.165) is 30.2 Å². The fourth-order valence-electron chi connectivity index (χ4n) is 2.20. The van der Waals surface area contributed by atoms with Crippen LogP contribution in [0, 0.1) is 0 Å². The lowest BCUT2D eigenvalue weighted by Crippen LogP contribution is -2.25. The second-order valence-electron chi connectivity index (χ2n) is 4.40. The monoisotopic (exact) mass is 333 g/mol. The molecule has 0 amide bonds. The van der Waals surface area contributed by atoms with Crippen molar-refractivity contribution >= 4 is 31.6 Å². The highest BCUT2D eigenvalue weighted by molar-refractivity contribution is 9.10. The lowest BCUT2D eigenvalue weighted by atomic mass is 10.3. The lowest BCUT2D eigenvalue weighted by molar-refractivity contribution is 0.417. The summed E-state index contributed by atoms with van der Waals surface area (Å²) in [4.78, 5) is 0. The molecule has 0 heterocycles. The van der Waals surface area contributed by atoms with Gasteiger partial charge in [-0.05, 0) is 31.0 Å². The highest BCUT2D eigenvalue weighted by Gasteiger charge is 2.29. The molecule has 0 aromatic heterocycles. The van der Waals surface area contributed by atoms with Crippen LogP contribution in [0.25, 0.3) is 0 Å². The summed E-state index contributed by atoms with van der Waals surface area (Å²) < 4.78 is 33.0. The second-order valence-corrected chi connectivity index (χ2v) is 7.27. The Morgan fingerprint density at radius 2 is 2.00 bits per heavy atom. The first-order valence-corrected chi connectivity index (χ1v) is 8.22. The smallest absolute Gasteiger partial charge is 0.235 e. The van der Waals surface area contributed by atoms with Crippen LogP contribution in [0.15, 0.2) is 22.7 Å². The number of hydrogen-bond acceptors (Lipinski definition) is 3. The van der Waals surface area contributed by atoms with Crippen molar-refractivity contribution in [3.8, 4) is 5.75 Å². The Bertz CT molecular complexity index is 524. The van der Waals surface area contributed by atoms with E-state index in [-0.39, 0.29) is 5.25 Å². The molecule has 1 aromatic carbocycles. The Kier molecular flexibility index (Phi) is 4.17. The van der Waals surface area contributed by atoms with Gasteiger partial charge in [0.25, 0.3) is 0 Å². The van der Waals surface area contributed by atoms with Crippen LogP contribution in [0.4, 0.5) is 5.69 Å². The van der Waals surface area contributed by atoms with Crippen molar-refractivity contribution in [1.82, 2.24) is 0 Å². The third-order valence-electron chi connectivity index (χ3n) is 3.15. The van der Waals surface area contributed by atoms with Crippen LogP contribution in [0.2, 0.25) is 0 Å². The van der Waals surface area contributed by atoms with Crippen LogP contribution in [-0.4, -0.2) is 20.8 Å². The number of anilines is 1. The fraction of sp³-hybridized carbons (Fsp3) is 0.500. The van der Waals surface area contributed by atoms with Gasteiger partial charge in [-0.3, -0.25) is 4.72 Å². The molecule has 0 radical (unpaired) electrons. The molecule has 1 fully saturated rings. The highest BCUT2D eigenvalue weighted by atomic mass is 79.9. The molecule has 0 aliphatic heterocycles. The molecule has 6 heteroatoms. The number of benzene rings is 1. The lowest BCUT2D eigenvalue weighted by Gasteiger charge is -2.15. The molecule has 1 aliphatic rings. The van der Waals surface area contributed by atoms with Gasteiger partial charge in [0.15, 0.2) is 0 Å². The first kappa shape index (κ1) is 13.7. The molecule has 4 nitrogen and oxygen atoms in total. The molecule has 0 spiro atoms. The van der Waals surface area contributed by atoms with Gasteiger partial charge in [-0.15, -0.1) is 0 Å². The molecule has 0 bridgehead atoms. The maximum absolute atomic E-state index is 12.2. The summed E-state index contributed by atoms with van der Waals surface area (Å²) in [5.41, 5.74) is 0.485. The summed E-state index contributed by atoms with van der Waals surface area (Å²) in [5.74, 6) is 0.528. The molecule has 1 aromatic rings. The number of rotatable bonds is 4. The van der Waals surface area contributed by atoms with Gasteiger partial charge >= 0.3 is 0 Å². The Morgan fingerprint density at radius 1 is 1.33 bits per heavy atom. The number of ether oxygens (including phenoxy) is 1. The zero-order valence-corrected chi connectivity index (χ0v) is 12.6. The van der Waals surface area contributed by atoms with Crippen LogP contribution in [-0.2, 0) is 10.0 Å². The number of sulfonamides is 1. The van der Waals surface area contributed by atoms with E-state index in [0.29, 0.717) is 11.4 Å². The van der Waals surface area contributed by atoms with E-state index >= 15 is 0 Å². The molecule has 0 atom stereocenters. The summed E-state index contributed by atoms with van der Waals surface area (Å²) in [5, 5.41) is -0.277. The summed E-state index contributed by atoms with van der Waals surface area (Å²) in [7, 11) is -1.79. The van der Waals surface area contributed by atoms with E-state index < -0.39 is 10.0 Å². The first-order valence-electron chi connectivity index (χ1n) is 5.88. The van der Waals surface area contributed by atoms with Gasteiger partial charge in [0.05, 0.1) is 18.0 Å².